The number of Topliss-reactive ketones (excluding diaryl/α,β-unsaturated/α-hetero) is 1. The Morgan fingerprint density at radius 3 is 2.06 bits per heavy atom. The van der Waals surface area contributed by atoms with Crippen molar-refractivity contribution in [1.29, 1.82) is 0 Å². The first kappa shape index (κ1) is 42.5. The second-order valence-corrected chi connectivity index (χ2v) is 18.9. The van der Waals surface area contributed by atoms with Crippen LogP contribution < -0.4 is 21.3 Å². The zero-order valence-corrected chi connectivity index (χ0v) is 32.9. The number of hydrogen-bond acceptors (Lipinski definition) is 7. The lowest BCUT2D eigenvalue weighted by Crippen LogP contribution is -2.65. The number of carbonyl (C=O) groups is 5. The molecule has 0 aliphatic heterocycles. The quantitative estimate of drug-likeness (QED) is 0.110. The summed E-state index contributed by atoms with van der Waals surface area (Å²) in [5.41, 5.74) is -1.55. The Kier molecular flexibility index (Phi) is 15.1. The number of rotatable bonds is 19. The van der Waals surface area contributed by atoms with Crippen LogP contribution in [0.2, 0.25) is 0 Å². The molecule has 0 bridgehead atoms. The van der Waals surface area contributed by atoms with E-state index in [2.05, 4.69) is 27.8 Å². The molecule has 3 rings (SSSR count). The maximum absolute atomic E-state index is 14.7. The molecule has 0 aromatic rings. The average Bonchev–Trinajstić information content (AvgIpc) is 3.91. The van der Waals surface area contributed by atoms with E-state index in [1.165, 1.54) is 11.0 Å². The Morgan fingerprint density at radius 2 is 1.53 bits per heavy atom. The van der Waals surface area contributed by atoms with Gasteiger partial charge in [-0.1, -0.05) is 78.2 Å². The van der Waals surface area contributed by atoms with E-state index >= 15 is 0 Å². The van der Waals surface area contributed by atoms with Gasteiger partial charge in [0, 0.05) is 13.1 Å². The second kappa shape index (κ2) is 18.2. The van der Waals surface area contributed by atoms with E-state index in [0.29, 0.717) is 44.9 Å². The molecule has 0 aromatic carbocycles. The van der Waals surface area contributed by atoms with Crippen molar-refractivity contribution < 1.29 is 32.4 Å². The highest BCUT2D eigenvalue weighted by atomic mass is 32.2. The van der Waals surface area contributed by atoms with Crippen LogP contribution in [0.1, 0.15) is 138 Å². The highest BCUT2D eigenvalue weighted by Crippen LogP contribution is 2.40. The van der Waals surface area contributed by atoms with E-state index in [9.17, 15) is 32.4 Å². The van der Waals surface area contributed by atoms with Crippen molar-refractivity contribution in [3.05, 3.63) is 12.7 Å². The van der Waals surface area contributed by atoms with Crippen molar-refractivity contribution in [3.8, 4) is 0 Å². The van der Waals surface area contributed by atoms with Crippen molar-refractivity contribution in [2.45, 2.75) is 166 Å². The van der Waals surface area contributed by atoms with Crippen LogP contribution in [0.25, 0.3) is 0 Å². The molecule has 5 amide bonds. The van der Waals surface area contributed by atoms with Gasteiger partial charge in [-0.2, -0.15) is 0 Å². The molecule has 1 unspecified atom stereocenters. The highest BCUT2D eigenvalue weighted by Gasteiger charge is 2.47. The van der Waals surface area contributed by atoms with Crippen molar-refractivity contribution in [3.63, 3.8) is 0 Å². The maximum Gasteiger partial charge on any atom is 0.315 e. The third-order valence-corrected chi connectivity index (χ3v) is 14.6. The summed E-state index contributed by atoms with van der Waals surface area (Å²) in [6.45, 7) is 14.7. The maximum atomic E-state index is 14.7. The average molecular weight is 736 g/mol. The zero-order valence-electron chi connectivity index (χ0n) is 32.0. The van der Waals surface area contributed by atoms with E-state index in [-0.39, 0.29) is 24.8 Å². The van der Waals surface area contributed by atoms with Crippen LogP contribution in [-0.2, 0) is 29.0 Å². The molecular weight excluding hydrogens is 671 g/mol. The van der Waals surface area contributed by atoms with Gasteiger partial charge in [0.15, 0.2) is 9.84 Å². The lowest BCUT2D eigenvalue weighted by Gasteiger charge is -2.44. The SMILES string of the molecule is C=CCNC(=O)C(=O)C(CC1CC1)NC(=O)[C@H](C)N(CCC)C(=O)[C@@H](NC(=O)NC1(CS(=O)(=O)C(C)(C)CC)CCCCC1)C1(C)CCCCC1. The number of sulfone groups is 1. The molecule has 0 aromatic heterocycles. The molecule has 13 heteroatoms. The van der Waals surface area contributed by atoms with Crippen molar-refractivity contribution in [1.82, 2.24) is 26.2 Å². The molecule has 3 saturated carbocycles. The van der Waals surface area contributed by atoms with Crippen molar-refractivity contribution >= 4 is 39.4 Å². The van der Waals surface area contributed by atoms with Crippen LogP contribution in [0, 0.1) is 11.3 Å². The first-order valence-electron chi connectivity index (χ1n) is 19.3. The van der Waals surface area contributed by atoms with Crippen LogP contribution >= 0.6 is 0 Å². The predicted molar refractivity (Wildman–Crippen MR) is 200 cm³/mol. The molecule has 51 heavy (non-hydrogen) atoms. The summed E-state index contributed by atoms with van der Waals surface area (Å²) < 4.78 is 26.3. The van der Waals surface area contributed by atoms with Crippen LogP contribution in [0.3, 0.4) is 0 Å². The van der Waals surface area contributed by atoms with E-state index in [4.69, 9.17) is 0 Å². The summed E-state index contributed by atoms with van der Waals surface area (Å²) >= 11 is 0. The monoisotopic (exact) mass is 735 g/mol. The van der Waals surface area contributed by atoms with Crippen LogP contribution in [-0.4, -0.2) is 90.1 Å². The van der Waals surface area contributed by atoms with Gasteiger partial charge in [0.2, 0.25) is 17.6 Å². The second-order valence-electron chi connectivity index (χ2n) is 16.3. The van der Waals surface area contributed by atoms with Gasteiger partial charge in [-0.15, -0.1) is 6.58 Å². The molecule has 3 aliphatic carbocycles. The molecular formula is C38H65N5O7S. The number of nitrogens with zero attached hydrogens (tertiary/aromatic N) is 1. The smallest absolute Gasteiger partial charge is 0.315 e. The number of amides is 5. The summed E-state index contributed by atoms with van der Waals surface area (Å²) in [6, 6.07) is -3.57. The number of ketones is 1. The lowest BCUT2D eigenvalue weighted by molar-refractivity contribution is -0.145. The van der Waals surface area contributed by atoms with E-state index in [0.717, 1.165) is 51.4 Å². The summed E-state index contributed by atoms with van der Waals surface area (Å²) in [6.07, 6.45) is 12.4. The van der Waals surface area contributed by atoms with Gasteiger partial charge < -0.3 is 26.2 Å². The van der Waals surface area contributed by atoms with E-state index in [1.807, 2.05) is 20.8 Å². The van der Waals surface area contributed by atoms with Gasteiger partial charge in [0.1, 0.15) is 12.1 Å². The summed E-state index contributed by atoms with van der Waals surface area (Å²) in [4.78, 5) is 69.6. The minimum absolute atomic E-state index is 0.123. The van der Waals surface area contributed by atoms with E-state index in [1.54, 1.807) is 20.8 Å². The number of hydrogen-bond donors (Lipinski definition) is 4. The lowest BCUT2D eigenvalue weighted by atomic mass is 9.70. The Balaban J connectivity index is 1.88. The van der Waals surface area contributed by atoms with Gasteiger partial charge in [0.25, 0.3) is 5.91 Å². The van der Waals surface area contributed by atoms with Crippen molar-refractivity contribution in [2.75, 3.05) is 18.8 Å². The van der Waals surface area contributed by atoms with Crippen LogP contribution in [0.5, 0.6) is 0 Å². The number of nitrogens with one attached hydrogen (secondary N) is 4. The normalized spacial score (nSPS) is 20.5. The largest absolute Gasteiger partial charge is 0.346 e. The zero-order chi connectivity index (χ0) is 38.0. The fourth-order valence-electron chi connectivity index (χ4n) is 7.57. The third-order valence-electron chi connectivity index (χ3n) is 11.7. The van der Waals surface area contributed by atoms with Crippen LogP contribution in [0.4, 0.5) is 4.79 Å². The summed E-state index contributed by atoms with van der Waals surface area (Å²) in [7, 11) is -3.58. The molecule has 0 saturated heterocycles. The molecule has 3 fully saturated rings. The van der Waals surface area contributed by atoms with Crippen LogP contribution in [0.15, 0.2) is 12.7 Å². The molecule has 3 atom stereocenters. The number of urea groups is 1. The first-order chi connectivity index (χ1) is 23.9. The standard InChI is InChI=1S/C38H65N5O7S/c1-8-23-39-33(46)30(44)29(25-28-17-18-28)40-32(45)27(4)43(24-9-2)34(47)31(37(7)19-13-11-14-20-37)41-35(48)42-38(21-15-12-16-22-38)26-51(49,50)36(5,6)10-3/h8,27-29,31H,1,9-26H2,2-7H3,(H,39,46)(H,40,45)(H2,41,42,48)/t27-,29?,31+/m0/s1. The fraction of sp³-hybridized carbons (Fsp3) is 0.816. The van der Waals surface area contributed by atoms with Gasteiger partial charge in [-0.05, 0) is 77.0 Å². The minimum Gasteiger partial charge on any atom is -0.346 e. The number of carbonyl (C=O) groups excluding carboxylic acids is 5. The molecule has 0 spiro atoms. The van der Waals surface area contributed by atoms with E-state index < -0.39 is 73.2 Å². The topological polar surface area (TPSA) is 171 Å². The van der Waals surface area contributed by atoms with Gasteiger partial charge in [-0.25, -0.2) is 13.2 Å². The Bertz CT molecular complexity index is 1360. The first-order valence-corrected chi connectivity index (χ1v) is 20.9. The fourth-order valence-corrected chi connectivity index (χ4v) is 9.49. The van der Waals surface area contributed by atoms with Crippen molar-refractivity contribution in [2.24, 2.45) is 11.3 Å². The van der Waals surface area contributed by atoms with Gasteiger partial charge in [-0.3, -0.25) is 19.2 Å². The Labute approximate surface area is 306 Å². The molecule has 0 heterocycles. The van der Waals surface area contributed by atoms with Gasteiger partial charge >= 0.3 is 6.03 Å². The molecule has 4 N–H and O–H groups in total. The Hall–Kier alpha value is -2.96. The summed E-state index contributed by atoms with van der Waals surface area (Å²) in [5, 5.41) is 11.4. The Morgan fingerprint density at radius 1 is 0.941 bits per heavy atom. The minimum atomic E-state index is -3.58. The molecule has 290 valence electrons. The third kappa shape index (κ3) is 11.3. The molecule has 12 nitrogen and oxygen atoms in total. The molecule has 0 radical (unpaired) electrons. The highest BCUT2D eigenvalue weighted by molar-refractivity contribution is 7.92. The summed E-state index contributed by atoms with van der Waals surface area (Å²) in [5.74, 6) is -2.40. The predicted octanol–water partition coefficient (Wildman–Crippen LogP) is 4.71. The van der Waals surface area contributed by atoms with Gasteiger partial charge in [0.05, 0.1) is 22.1 Å². The molecule has 3 aliphatic rings.